The molecular formula is C17H24N2O2. The summed E-state index contributed by atoms with van der Waals surface area (Å²) in [4.78, 5) is 12.0. The number of urea groups is 1. The fraction of sp³-hybridized carbons (Fsp3) is 0.471. The Bertz CT molecular complexity index is 502. The van der Waals surface area contributed by atoms with Gasteiger partial charge in [0.05, 0.1) is 0 Å². The molecule has 0 saturated heterocycles. The lowest BCUT2D eigenvalue weighted by atomic mass is 9.79. The summed E-state index contributed by atoms with van der Waals surface area (Å²) in [5.41, 5.74) is 1.35. The summed E-state index contributed by atoms with van der Waals surface area (Å²) in [6.07, 6.45) is 7.85. The summed E-state index contributed by atoms with van der Waals surface area (Å²) < 4.78 is 0. The molecule has 0 aliphatic heterocycles. The smallest absolute Gasteiger partial charge is 0.319 e. The van der Waals surface area contributed by atoms with Crippen LogP contribution >= 0.6 is 0 Å². The predicted octanol–water partition coefficient (Wildman–Crippen LogP) is 2.98. The summed E-state index contributed by atoms with van der Waals surface area (Å²) >= 11 is 0. The molecule has 21 heavy (non-hydrogen) atoms. The number of aliphatic hydroxyl groups is 1. The zero-order valence-corrected chi connectivity index (χ0v) is 12.8. The number of benzene rings is 1. The molecule has 2 amide bonds. The Balaban J connectivity index is 2.59. The lowest BCUT2D eigenvalue weighted by Gasteiger charge is -2.31. The van der Waals surface area contributed by atoms with E-state index in [9.17, 15) is 9.90 Å². The van der Waals surface area contributed by atoms with Gasteiger partial charge >= 0.3 is 6.03 Å². The number of aliphatic hydroxyl groups excluding tert-OH is 1. The molecule has 0 heterocycles. The molecule has 0 saturated carbocycles. The third-order valence-corrected chi connectivity index (χ3v) is 4.05. The first-order chi connectivity index (χ1) is 10.1. The van der Waals surface area contributed by atoms with E-state index in [1.165, 1.54) is 0 Å². The molecule has 1 aromatic carbocycles. The van der Waals surface area contributed by atoms with Gasteiger partial charge in [-0.15, -0.1) is 6.42 Å². The Kier molecular flexibility index (Phi) is 6.77. The summed E-state index contributed by atoms with van der Waals surface area (Å²) in [6, 6.07) is 6.90. The highest BCUT2D eigenvalue weighted by Crippen LogP contribution is 2.29. The van der Waals surface area contributed by atoms with Crippen LogP contribution in [0.3, 0.4) is 0 Å². The van der Waals surface area contributed by atoms with Crippen molar-refractivity contribution >= 4 is 11.7 Å². The second-order valence-electron chi connectivity index (χ2n) is 5.21. The van der Waals surface area contributed by atoms with E-state index in [-0.39, 0.29) is 18.1 Å². The molecular weight excluding hydrogens is 264 g/mol. The number of hydrogen-bond acceptors (Lipinski definition) is 2. The normalized spacial score (nSPS) is 10.8. The maximum absolute atomic E-state index is 12.0. The van der Waals surface area contributed by atoms with Gasteiger partial charge in [-0.1, -0.05) is 25.8 Å². The van der Waals surface area contributed by atoms with Crippen LogP contribution in [0.4, 0.5) is 10.5 Å². The second-order valence-corrected chi connectivity index (χ2v) is 5.21. The largest absolute Gasteiger partial charge is 0.396 e. The molecule has 0 aliphatic carbocycles. The quantitative estimate of drug-likeness (QED) is 0.675. The van der Waals surface area contributed by atoms with Crippen LogP contribution in [0.25, 0.3) is 0 Å². The molecule has 1 rings (SSSR count). The SMILES string of the molecule is C#Cc1cccc(NC(=O)NCC(CC)(CC)CCO)c1. The average Bonchev–Trinajstić information content (AvgIpc) is 2.52. The van der Waals surface area contributed by atoms with Crippen LogP contribution in [-0.4, -0.2) is 24.3 Å². The Morgan fingerprint density at radius 1 is 1.38 bits per heavy atom. The first-order valence-corrected chi connectivity index (χ1v) is 7.31. The van der Waals surface area contributed by atoms with Gasteiger partial charge in [0.2, 0.25) is 0 Å². The van der Waals surface area contributed by atoms with E-state index in [2.05, 4.69) is 30.4 Å². The van der Waals surface area contributed by atoms with Crippen molar-refractivity contribution in [2.75, 3.05) is 18.5 Å². The minimum atomic E-state index is -0.256. The number of hydrogen-bond donors (Lipinski definition) is 3. The van der Waals surface area contributed by atoms with Gasteiger partial charge in [-0.05, 0) is 42.9 Å². The lowest BCUT2D eigenvalue weighted by molar-refractivity contribution is 0.165. The summed E-state index contributed by atoms with van der Waals surface area (Å²) in [5, 5.41) is 14.8. The van der Waals surface area contributed by atoms with E-state index in [4.69, 9.17) is 6.42 Å². The van der Waals surface area contributed by atoms with Crippen LogP contribution in [-0.2, 0) is 0 Å². The monoisotopic (exact) mass is 288 g/mol. The number of amides is 2. The molecule has 4 heteroatoms. The molecule has 0 radical (unpaired) electrons. The van der Waals surface area contributed by atoms with Crippen molar-refractivity contribution in [3.05, 3.63) is 29.8 Å². The lowest BCUT2D eigenvalue weighted by Crippen LogP contribution is -2.39. The number of nitrogens with one attached hydrogen (secondary N) is 2. The fourth-order valence-electron chi connectivity index (χ4n) is 2.31. The van der Waals surface area contributed by atoms with Crippen LogP contribution < -0.4 is 10.6 Å². The first-order valence-electron chi connectivity index (χ1n) is 7.31. The van der Waals surface area contributed by atoms with Crippen molar-refractivity contribution in [2.24, 2.45) is 5.41 Å². The van der Waals surface area contributed by atoms with Gasteiger partial charge in [0.25, 0.3) is 0 Å². The van der Waals surface area contributed by atoms with Crippen LogP contribution in [0.2, 0.25) is 0 Å². The van der Waals surface area contributed by atoms with Gasteiger partial charge in [0.15, 0.2) is 0 Å². The summed E-state index contributed by atoms with van der Waals surface area (Å²) in [7, 11) is 0. The zero-order chi connectivity index (χ0) is 15.7. The van der Waals surface area contributed by atoms with Gasteiger partial charge in [0, 0.05) is 24.4 Å². The molecule has 1 aromatic rings. The third-order valence-electron chi connectivity index (χ3n) is 4.05. The molecule has 0 aliphatic rings. The molecule has 0 fully saturated rings. The van der Waals surface area contributed by atoms with Crippen LogP contribution in [0, 0.1) is 17.8 Å². The molecule has 0 aromatic heterocycles. The van der Waals surface area contributed by atoms with Crippen LogP contribution in [0.5, 0.6) is 0 Å². The second kappa shape index (κ2) is 8.33. The van der Waals surface area contributed by atoms with Gasteiger partial charge in [-0.25, -0.2) is 4.79 Å². The Morgan fingerprint density at radius 3 is 2.67 bits per heavy atom. The topological polar surface area (TPSA) is 61.4 Å². The molecule has 3 N–H and O–H groups in total. The van der Waals surface area contributed by atoms with Gasteiger partial charge in [-0.2, -0.15) is 0 Å². The molecule has 0 bridgehead atoms. The van der Waals surface area contributed by atoms with E-state index in [1.807, 2.05) is 6.07 Å². The van der Waals surface area contributed by atoms with E-state index >= 15 is 0 Å². The summed E-state index contributed by atoms with van der Waals surface area (Å²) in [6.45, 7) is 4.83. The van der Waals surface area contributed by atoms with E-state index in [0.717, 1.165) is 18.4 Å². The maximum Gasteiger partial charge on any atom is 0.319 e. The average molecular weight is 288 g/mol. The minimum absolute atomic E-state index is 0.0489. The van der Waals surface area contributed by atoms with Gasteiger partial charge in [-0.3, -0.25) is 0 Å². The summed E-state index contributed by atoms with van der Waals surface area (Å²) in [5.74, 6) is 2.53. The van der Waals surface area contributed by atoms with Crippen molar-refractivity contribution in [3.63, 3.8) is 0 Å². The molecule has 0 unspecified atom stereocenters. The third kappa shape index (κ3) is 5.13. The number of anilines is 1. The Hall–Kier alpha value is -1.99. The van der Waals surface area contributed by atoms with Crippen molar-refractivity contribution in [2.45, 2.75) is 33.1 Å². The standard InChI is InChI=1S/C17H24N2O2/c1-4-14-8-7-9-15(12-14)19-16(21)18-13-17(5-2,6-3)10-11-20/h1,7-9,12,20H,5-6,10-11,13H2,2-3H3,(H2,18,19,21). The van der Waals surface area contributed by atoms with Gasteiger partial charge in [0.1, 0.15) is 0 Å². The zero-order valence-electron chi connectivity index (χ0n) is 12.8. The highest BCUT2D eigenvalue weighted by atomic mass is 16.3. The molecule has 0 atom stereocenters. The molecule has 114 valence electrons. The first kappa shape index (κ1) is 17.1. The Labute approximate surface area is 127 Å². The number of carbonyl (C=O) groups is 1. The van der Waals surface area contributed by atoms with Crippen molar-refractivity contribution < 1.29 is 9.90 Å². The highest BCUT2D eigenvalue weighted by Gasteiger charge is 2.26. The molecule has 0 spiro atoms. The molecule has 4 nitrogen and oxygen atoms in total. The van der Waals surface area contributed by atoms with Crippen molar-refractivity contribution in [1.82, 2.24) is 5.32 Å². The highest BCUT2D eigenvalue weighted by molar-refractivity contribution is 5.89. The van der Waals surface area contributed by atoms with Crippen molar-refractivity contribution in [3.8, 4) is 12.3 Å². The minimum Gasteiger partial charge on any atom is -0.396 e. The van der Waals surface area contributed by atoms with Gasteiger partial charge < -0.3 is 15.7 Å². The van der Waals surface area contributed by atoms with E-state index in [1.54, 1.807) is 18.2 Å². The maximum atomic E-state index is 12.0. The van der Waals surface area contributed by atoms with E-state index < -0.39 is 0 Å². The number of rotatable bonds is 7. The fourth-order valence-corrected chi connectivity index (χ4v) is 2.31. The number of carbonyl (C=O) groups excluding carboxylic acids is 1. The van der Waals surface area contributed by atoms with Crippen LogP contribution in [0.15, 0.2) is 24.3 Å². The number of terminal acetylenes is 1. The van der Waals surface area contributed by atoms with Crippen molar-refractivity contribution in [1.29, 1.82) is 0 Å². The predicted molar refractivity (Wildman–Crippen MR) is 86.1 cm³/mol. The van der Waals surface area contributed by atoms with E-state index in [0.29, 0.717) is 18.7 Å². The van der Waals surface area contributed by atoms with Crippen LogP contribution in [0.1, 0.15) is 38.7 Å². The Morgan fingerprint density at radius 2 is 2.10 bits per heavy atom.